The van der Waals surface area contributed by atoms with Gasteiger partial charge in [-0.2, -0.15) is 13.2 Å². The van der Waals surface area contributed by atoms with Crippen molar-refractivity contribution in [1.29, 1.82) is 0 Å². The van der Waals surface area contributed by atoms with E-state index in [1.807, 2.05) is 0 Å². The molecule has 0 aromatic heterocycles. The normalized spacial score (nSPS) is 11.1. The summed E-state index contributed by atoms with van der Waals surface area (Å²) < 4.78 is 43.2. The van der Waals surface area contributed by atoms with E-state index in [0.29, 0.717) is 5.69 Å². The second-order valence-electron chi connectivity index (χ2n) is 4.80. The molecule has 0 saturated carbocycles. The molecule has 1 N–H and O–H groups in total. The third-order valence-electron chi connectivity index (χ3n) is 2.99. The van der Waals surface area contributed by atoms with Gasteiger partial charge in [0.1, 0.15) is 0 Å². The highest BCUT2D eigenvalue weighted by molar-refractivity contribution is 6.42. The van der Waals surface area contributed by atoms with Crippen molar-refractivity contribution < 1.29 is 27.5 Å². The molecule has 0 saturated heterocycles. The Balaban J connectivity index is 2.00. The van der Waals surface area contributed by atoms with E-state index in [1.54, 1.807) is 0 Å². The van der Waals surface area contributed by atoms with E-state index in [2.05, 4.69) is 10.1 Å². The molecule has 9 heteroatoms. The van der Waals surface area contributed by atoms with Crippen molar-refractivity contribution in [3.05, 3.63) is 63.6 Å². The van der Waals surface area contributed by atoms with Crippen molar-refractivity contribution >= 4 is 40.8 Å². The molecular formula is C16H10Cl2F3NO3. The molecule has 0 atom stereocenters. The van der Waals surface area contributed by atoms with Crippen LogP contribution in [0.4, 0.5) is 18.9 Å². The summed E-state index contributed by atoms with van der Waals surface area (Å²) in [6, 6.07) is 8.44. The summed E-state index contributed by atoms with van der Waals surface area (Å²) in [7, 11) is 0. The zero-order valence-electron chi connectivity index (χ0n) is 12.4. The predicted octanol–water partition coefficient (Wildman–Crippen LogP) is 4.81. The number of ether oxygens (including phenoxy) is 1. The van der Waals surface area contributed by atoms with Gasteiger partial charge in [0.15, 0.2) is 6.61 Å². The Morgan fingerprint density at radius 2 is 1.72 bits per heavy atom. The second kappa shape index (κ2) is 7.76. The third kappa shape index (κ3) is 5.11. The molecule has 25 heavy (non-hydrogen) atoms. The van der Waals surface area contributed by atoms with Crippen LogP contribution in [0.1, 0.15) is 15.9 Å². The first-order chi connectivity index (χ1) is 11.7. The molecule has 0 heterocycles. The van der Waals surface area contributed by atoms with E-state index < -0.39 is 35.8 Å². The predicted molar refractivity (Wildman–Crippen MR) is 86.8 cm³/mol. The Hall–Kier alpha value is -2.25. The lowest BCUT2D eigenvalue weighted by molar-refractivity contribution is -0.138. The maximum Gasteiger partial charge on any atom is 0.417 e. The number of nitrogens with one attached hydrogen (secondary N) is 1. The number of benzene rings is 2. The van der Waals surface area contributed by atoms with Gasteiger partial charge in [-0.05, 0) is 30.3 Å². The van der Waals surface area contributed by atoms with Gasteiger partial charge < -0.3 is 10.1 Å². The van der Waals surface area contributed by atoms with Crippen molar-refractivity contribution in [1.82, 2.24) is 0 Å². The molecule has 2 aromatic rings. The first-order valence-electron chi connectivity index (χ1n) is 6.76. The van der Waals surface area contributed by atoms with E-state index in [0.717, 1.165) is 18.2 Å². The maximum absolute atomic E-state index is 12.9. The van der Waals surface area contributed by atoms with Gasteiger partial charge in [0, 0.05) is 5.69 Å². The lowest BCUT2D eigenvalue weighted by Crippen LogP contribution is -2.22. The number of anilines is 1. The molecule has 0 aliphatic carbocycles. The number of carbonyl (C=O) groups is 2. The van der Waals surface area contributed by atoms with Gasteiger partial charge in [0.2, 0.25) is 0 Å². The fourth-order valence-electron chi connectivity index (χ4n) is 1.89. The maximum atomic E-state index is 12.9. The van der Waals surface area contributed by atoms with E-state index in [-0.39, 0.29) is 10.0 Å². The van der Waals surface area contributed by atoms with Gasteiger partial charge in [-0.15, -0.1) is 0 Å². The molecule has 2 aromatic carbocycles. The zero-order chi connectivity index (χ0) is 18.6. The third-order valence-corrected chi connectivity index (χ3v) is 3.73. The molecule has 0 aliphatic heterocycles. The average Bonchev–Trinajstić information content (AvgIpc) is 2.55. The Morgan fingerprint density at radius 3 is 2.36 bits per heavy atom. The largest absolute Gasteiger partial charge is 0.452 e. The van der Waals surface area contributed by atoms with Crippen LogP contribution in [-0.4, -0.2) is 18.5 Å². The van der Waals surface area contributed by atoms with Crippen molar-refractivity contribution in [3.63, 3.8) is 0 Å². The number of alkyl halides is 3. The van der Waals surface area contributed by atoms with Crippen LogP contribution in [0.2, 0.25) is 10.0 Å². The van der Waals surface area contributed by atoms with Gasteiger partial charge in [0.05, 0.1) is 21.2 Å². The smallest absolute Gasteiger partial charge is 0.417 e. The molecule has 0 radical (unpaired) electrons. The number of hydrogen-bond donors (Lipinski definition) is 1. The Morgan fingerprint density at radius 1 is 1.04 bits per heavy atom. The van der Waals surface area contributed by atoms with Crippen molar-refractivity contribution in [3.8, 4) is 0 Å². The minimum atomic E-state index is -4.71. The fraction of sp³-hybridized carbons (Fsp3) is 0.125. The quantitative estimate of drug-likeness (QED) is 0.761. The van der Waals surface area contributed by atoms with Crippen LogP contribution in [0.5, 0.6) is 0 Å². The molecule has 0 aliphatic rings. The van der Waals surface area contributed by atoms with Crippen LogP contribution in [-0.2, 0) is 15.7 Å². The highest BCUT2D eigenvalue weighted by atomic mass is 35.5. The molecule has 132 valence electrons. The number of esters is 1. The Labute approximate surface area is 150 Å². The van der Waals surface area contributed by atoms with Crippen molar-refractivity contribution in [2.45, 2.75) is 6.18 Å². The molecule has 0 spiro atoms. The average molecular weight is 392 g/mol. The summed E-state index contributed by atoms with van der Waals surface area (Å²) >= 11 is 11.5. The first kappa shape index (κ1) is 19.1. The fourth-order valence-corrected chi connectivity index (χ4v) is 2.19. The summed E-state index contributed by atoms with van der Waals surface area (Å²) in [5, 5.41) is 2.87. The lowest BCUT2D eigenvalue weighted by atomic mass is 10.1. The van der Waals surface area contributed by atoms with E-state index >= 15 is 0 Å². The number of halogens is 5. The molecule has 4 nitrogen and oxygen atoms in total. The molecule has 0 fully saturated rings. The number of rotatable bonds is 4. The summed E-state index contributed by atoms with van der Waals surface area (Å²) in [4.78, 5) is 23.6. The van der Waals surface area contributed by atoms with Crippen LogP contribution in [0.3, 0.4) is 0 Å². The summed E-state index contributed by atoms with van der Waals surface area (Å²) in [6.07, 6.45) is -4.71. The monoisotopic (exact) mass is 391 g/mol. The van der Waals surface area contributed by atoms with E-state index in [9.17, 15) is 22.8 Å². The Bertz CT molecular complexity index is 809. The zero-order valence-corrected chi connectivity index (χ0v) is 13.9. The van der Waals surface area contributed by atoms with Gasteiger partial charge in [-0.3, -0.25) is 4.79 Å². The van der Waals surface area contributed by atoms with E-state index in [4.69, 9.17) is 23.2 Å². The van der Waals surface area contributed by atoms with Crippen LogP contribution < -0.4 is 5.32 Å². The van der Waals surface area contributed by atoms with Crippen LogP contribution in [0.15, 0.2) is 42.5 Å². The molecular weight excluding hydrogens is 382 g/mol. The molecule has 1 amide bonds. The van der Waals surface area contributed by atoms with E-state index in [1.165, 1.54) is 24.3 Å². The summed E-state index contributed by atoms with van der Waals surface area (Å²) in [6.45, 7) is -0.759. The van der Waals surface area contributed by atoms with Gasteiger partial charge in [-0.25, -0.2) is 4.79 Å². The second-order valence-corrected chi connectivity index (χ2v) is 5.61. The van der Waals surface area contributed by atoms with Crippen LogP contribution >= 0.6 is 23.2 Å². The van der Waals surface area contributed by atoms with Crippen LogP contribution in [0.25, 0.3) is 0 Å². The highest BCUT2D eigenvalue weighted by Gasteiger charge is 2.35. The minimum absolute atomic E-state index is 0.204. The molecule has 0 bridgehead atoms. The Kier molecular flexibility index (Phi) is 5.92. The SMILES string of the molecule is O=C(COC(=O)c1ccccc1C(F)(F)F)Nc1ccc(Cl)c(Cl)c1. The van der Waals surface area contributed by atoms with Crippen molar-refractivity contribution in [2.75, 3.05) is 11.9 Å². The highest BCUT2D eigenvalue weighted by Crippen LogP contribution is 2.32. The first-order valence-corrected chi connectivity index (χ1v) is 7.52. The minimum Gasteiger partial charge on any atom is -0.452 e. The van der Waals surface area contributed by atoms with Crippen LogP contribution in [0, 0.1) is 0 Å². The number of hydrogen-bond acceptors (Lipinski definition) is 3. The summed E-state index contributed by atoms with van der Waals surface area (Å²) in [5.74, 6) is -1.99. The van der Waals surface area contributed by atoms with Gasteiger partial charge in [-0.1, -0.05) is 35.3 Å². The summed E-state index contributed by atoms with van der Waals surface area (Å²) in [5.41, 5.74) is -1.51. The molecule has 2 rings (SSSR count). The van der Waals surface area contributed by atoms with Gasteiger partial charge >= 0.3 is 12.1 Å². The standard InChI is InChI=1S/C16H10Cl2F3NO3/c17-12-6-5-9(7-13(12)18)22-14(23)8-25-15(24)10-3-1-2-4-11(10)16(19,20)21/h1-7H,8H2,(H,22,23). The molecule has 0 unspecified atom stereocenters. The van der Waals surface area contributed by atoms with Gasteiger partial charge in [0.25, 0.3) is 5.91 Å². The lowest BCUT2D eigenvalue weighted by Gasteiger charge is -2.12. The number of carbonyl (C=O) groups excluding carboxylic acids is 2. The topological polar surface area (TPSA) is 55.4 Å². The van der Waals surface area contributed by atoms with Crippen molar-refractivity contribution in [2.24, 2.45) is 0 Å². The number of amides is 1.